The second-order valence-corrected chi connectivity index (χ2v) is 15.6. The van der Waals surface area contributed by atoms with Gasteiger partial charge in [0.15, 0.2) is 0 Å². The molecule has 6 amide bonds. The van der Waals surface area contributed by atoms with Gasteiger partial charge in [0, 0.05) is 12.6 Å². The lowest BCUT2D eigenvalue weighted by Gasteiger charge is -2.42. The van der Waals surface area contributed by atoms with Crippen LogP contribution in [0.2, 0.25) is 0 Å². The second-order valence-electron chi connectivity index (χ2n) is 15.6. The Hall–Kier alpha value is -4.33. The Balaban J connectivity index is 3.54. The molecule has 0 spiro atoms. The maximum atomic E-state index is 14.5. The fourth-order valence-corrected chi connectivity index (χ4v) is 5.57. The smallest absolute Gasteiger partial charge is 0.250 e. The lowest BCUT2D eigenvalue weighted by molar-refractivity contribution is -0.137. The van der Waals surface area contributed by atoms with E-state index in [4.69, 9.17) is 0 Å². The Morgan fingerprint density at radius 2 is 1.38 bits per heavy atom. The van der Waals surface area contributed by atoms with E-state index < -0.39 is 89.1 Å². The highest BCUT2D eigenvalue weighted by Crippen LogP contribution is 2.28. The first-order valence-electron chi connectivity index (χ1n) is 18.1. The number of para-hydroxylation sites is 1. The Kier molecular flexibility index (Phi) is 18.1. The lowest BCUT2D eigenvalue weighted by Crippen LogP contribution is -2.66. The third-order valence-electron chi connectivity index (χ3n) is 8.56. The molecule has 0 fully saturated rings. The van der Waals surface area contributed by atoms with E-state index >= 15 is 0 Å². The predicted molar refractivity (Wildman–Crippen MR) is 200 cm³/mol. The molecule has 14 nitrogen and oxygen atoms in total. The van der Waals surface area contributed by atoms with Gasteiger partial charge in [0.1, 0.15) is 36.0 Å². The van der Waals surface area contributed by atoms with Crippen LogP contribution in [0.4, 0.5) is 5.69 Å². The number of carbonyl (C=O) groups excluding carboxylic acids is 7. The van der Waals surface area contributed by atoms with Gasteiger partial charge in [-0.25, -0.2) is 0 Å². The summed E-state index contributed by atoms with van der Waals surface area (Å²) >= 11 is 0. The molecule has 5 atom stereocenters. The van der Waals surface area contributed by atoms with Crippen molar-refractivity contribution < 1.29 is 38.7 Å². The minimum absolute atomic E-state index is 0.00807. The highest BCUT2D eigenvalue weighted by atomic mass is 16.3. The molecule has 1 aromatic rings. The third-order valence-corrected chi connectivity index (χ3v) is 8.56. The number of anilines is 1. The summed E-state index contributed by atoms with van der Waals surface area (Å²) in [6.45, 7) is 18.0. The number of hydrogen-bond donors (Lipinski definition) is 6. The van der Waals surface area contributed by atoms with E-state index in [0.29, 0.717) is 18.4 Å². The molecule has 0 aliphatic heterocycles. The number of unbranched alkanes of at least 4 members (excludes halogenated alkanes) is 1. The second kappa shape index (κ2) is 20.6. The fraction of sp³-hybridized carbons (Fsp3) is 0.658. The van der Waals surface area contributed by atoms with Gasteiger partial charge in [-0.15, -0.1) is 0 Å². The molecule has 1 rings (SSSR count). The molecule has 0 bridgehead atoms. The number of amides is 6. The van der Waals surface area contributed by atoms with Crippen LogP contribution < -0.4 is 31.5 Å². The average Bonchev–Trinajstić information content (AvgIpc) is 3.05. The highest BCUT2D eigenvalue weighted by molar-refractivity contribution is 6.07. The van der Waals surface area contributed by atoms with Crippen LogP contribution in [0.1, 0.15) is 102 Å². The van der Waals surface area contributed by atoms with Crippen molar-refractivity contribution >= 4 is 47.4 Å². The third kappa shape index (κ3) is 13.7. The molecule has 6 N–H and O–H groups in total. The number of nitrogens with zero attached hydrogens (tertiary/aromatic N) is 1. The van der Waals surface area contributed by atoms with Gasteiger partial charge in [0.25, 0.3) is 5.91 Å². The molecule has 0 aliphatic rings. The number of aliphatic hydroxyl groups excluding tert-OH is 1. The van der Waals surface area contributed by atoms with Gasteiger partial charge < -0.3 is 36.5 Å². The molecule has 0 saturated carbocycles. The van der Waals surface area contributed by atoms with Gasteiger partial charge in [-0.3, -0.25) is 33.7 Å². The summed E-state index contributed by atoms with van der Waals surface area (Å²) in [6.07, 6.45) is 3.03. The summed E-state index contributed by atoms with van der Waals surface area (Å²) in [4.78, 5) is 93.8. The Bertz CT molecular complexity index is 1370. The molecule has 0 radical (unpaired) electrons. The molecular formula is C38H62N6O8. The molecule has 0 aromatic heterocycles. The van der Waals surface area contributed by atoms with Gasteiger partial charge in [-0.1, -0.05) is 86.4 Å². The maximum absolute atomic E-state index is 14.5. The SMILES string of the molecule is CCCC[C@@H](C=O)NC(=O)[C@H](CC(C)C)NC(=O)[C@@H](NC(=O)C(C)(C)N(C(=O)[C@H](NC(=O)[C@H](CO)NC(C)=O)C(C)C)c1ccccc1)C(C)(C)C. The van der Waals surface area contributed by atoms with E-state index in [-0.39, 0.29) is 12.3 Å². The highest BCUT2D eigenvalue weighted by Gasteiger charge is 2.45. The number of rotatable bonds is 20. The zero-order valence-corrected chi connectivity index (χ0v) is 32.8. The molecule has 52 heavy (non-hydrogen) atoms. The lowest BCUT2D eigenvalue weighted by atomic mass is 9.84. The van der Waals surface area contributed by atoms with E-state index in [2.05, 4.69) is 26.6 Å². The average molecular weight is 731 g/mol. The van der Waals surface area contributed by atoms with Crippen molar-refractivity contribution in [3.63, 3.8) is 0 Å². The number of hydrogen-bond acceptors (Lipinski definition) is 8. The molecule has 0 unspecified atom stereocenters. The summed E-state index contributed by atoms with van der Waals surface area (Å²) < 4.78 is 0. The van der Waals surface area contributed by atoms with Crippen LogP contribution in [-0.2, 0) is 33.6 Å². The normalized spacial score (nSPS) is 14.7. The monoisotopic (exact) mass is 730 g/mol. The molecule has 0 saturated heterocycles. The first-order chi connectivity index (χ1) is 24.1. The van der Waals surface area contributed by atoms with E-state index in [1.54, 1.807) is 65.0 Å². The Morgan fingerprint density at radius 3 is 1.85 bits per heavy atom. The topological polar surface area (TPSA) is 203 Å². The van der Waals surface area contributed by atoms with Crippen LogP contribution in [0.5, 0.6) is 0 Å². The summed E-state index contributed by atoms with van der Waals surface area (Å²) in [7, 11) is 0. The number of carbonyl (C=O) groups is 7. The zero-order chi connectivity index (χ0) is 40.0. The van der Waals surface area contributed by atoms with Crippen molar-refractivity contribution in [3.8, 4) is 0 Å². The first kappa shape index (κ1) is 45.7. The van der Waals surface area contributed by atoms with Crippen molar-refractivity contribution in [2.24, 2.45) is 17.3 Å². The van der Waals surface area contributed by atoms with Crippen LogP contribution in [0.3, 0.4) is 0 Å². The van der Waals surface area contributed by atoms with E-state index in [9.17, 15) is 38.7 Å². The largest absolute Gasteiger partial charge is 0.394 e. The van der Waals surface area contributed by atoms with Gasteiger partial charge in [0.2, 0.25) is 29.5 Å². The molecular weight excluding hydrogens is 668 g/mol. The summed E-state index contributed by atoms with van der Waals surface area (Å²) in [5.74, 6) is -4.26. The van der Waals surface area contributed by atoms with Gasteiger partial charge in [0.05, 0.1) is 12.6 Å². The standard InChI is InChI=1S/C38H62N6O8/c1-12-13-17-26(21-45)40-32(48)28(20-23(2)3)41-34(50)31(37(7,8)9)43-36(52)38(10,11)44(27-18-15-14-16-19-27)35(51)30(24(4)5)42-33(49)29(22-46)39-25(6)47/h14-16,18-19,21,23-24,26,28-31,46H,12-13,17,20,22H2,1-11H3,(H,39,47)(H,40,48)(H,41,50)(H,42,49)(H,43,52)/t26-,28-,29-,30+,31+/m0/s1. The van der Waals surface area contributed by atoms with Crippen LogP contribution in [0.15, 0.2) is 30.3 Å². The minimum atomic E-state index is -1.65. The van der Waals surface area contributed by atoms with Crippen molar-refractivity contribution in [2.75, 3.05) is 11.5 Å². The fourth-order valence-electron chi connectivity index (χ4n) is 5.57. The van der Waals surface area contributed by atoms with Crippen molar-refractivity contribution in [2.45, 2.75) is 138 Å². The van der Waals surface area contributed by atoms with E-state index in [1.807, 2.05) is 20.8 Å². The molecule has 292 valence electrons. The van der Waals surface area contributed by atoms with Crippen LogP contribution in [0.25, 0.3) is 0 Å². The molecule has 0 aliphatic carbocycles. The van der Waals surface area contributed by atoms with Crippen molar-refractivity contribution in [1.29, 1.82) is 0 Å². The van der Waals surface area contributed by atoms with Crippen LogP contribution in [-0.4, -0.2) is 89.2 Å². The predicted octanol–water partition coefficient (Wildman–Crippen LogP) is 2.37. The van der Waals surface area contributed by atoms with Gasteiger partial charge in [-0.05, 0) is 56.1 Å². The van der Waals surface area contributed by atoms with Crippen molar-refractivity contribution in [1.82, 2.24) is 26.6 Å². The Labute approximate surface area is 309 Å². The number of aliphatic hydroxyl groups is 1. The zero-order valence-electron chi connectivity index (χ0n) is 32.8. The molecule has 1 aromatic carbocycles. The quantitative estimate of drug-likeness (QED) is 0.110. The number of aldehydes is 1. The van der Waals surface area contributed by atoms with Crippen LogP contribution in [0, 0.1) is 17.3 Å². The Morgan fingerprint density at radius 1 is 0.808 bits per heavy atom. The minimum Gasteiger partial charge on any atom is -0.394 e. The van der Waals surface area contributed by atoms with Crippen LogP contribution >= 0.6 is 0 Å². The van der Waals surface area contributed by atoms with E-state index in [0.717, 1.165) is 12.8 Å². The summed E-state index contributed by atoms with van der Waals surface area (Å²) in [5.41, 5.74) is -2.18. The number of benzene rings is 1. The summed E-state index contributed by atoms with van der Waals surface area (Å²) in [5, 5.41) is 23.1. The molecule has 14 heteroatoms. The molecule has 0 heterocycles. The van der Waals surface area contributed by atoms with Crippen molar-refractivity contribution in [3.05, 3.63) is 30.3 Å². The van der Waals surface area contributed by atoms with E-state index in [1.165, 1.54) is 25.7 Å². The first-order valence-corrected chi connectivity index (χ1v) is 18.1. The maximum Gasteiger partial charge on any atom is 0.250 e. The van der Waals surface area contributed by atoms with Gasteiger partial charge in [-0.2, -0.15) is 0 Å². The number of nitrogens with one attached hydrogen (secondary N) is 5. The van der Waals surface area contributed by atoms with Gasteiger partial charge >= 0.3 is 0 Å². The summed E-state index contributed by atoms with van der Waals surface area (Å²) in [6, 6.07) is 3.05.